The van der Waals surface area contributed by atoms with Crippen LogP contribution in [0.3, 0.4) is 0 Å². The number of rotatable bonds is 8. The molecular formula is C25H23N3O4. The third kappa shape index (κ3) is 5.31. The highest BCUT2D eigenvalue weighted by Crippen LogP contribution is 2.17. The summed E-state index contributed by atoms with van der Waals surface area (Å²) in [5.74, 6) is 1.35. The van der Waals surface area contributed by atoms with Crippen LogP contribution < -0.4 is 10.1 Å². The van der Waals surface area contributed by atoms with E-state index in [9.17, 15) is 9.59 Å². The predicted octanol–water partition coefficient (Wildman–Crippen LogP) is 4.87. The summed E-state index contributed by atoms with van der Waals surface area (Å²) in [6.45, 7) is 4.34. The van der Waals surface area contributed by atoms with Crippen molar-refractivity contribution in [3.8, 4) is 5.75 Å². The Hall–Kier alpha value is -4.13. The van der Waals surface area contributed by atoms with Gasteiger partial charge in [-0.2, -0.15) is 5.10 Å². The maximum atomic E-state index is 12.5. The number of nitrogens with zero attached hydrogens (tertiary/aromatic N) is 2. The molecule has 162 valence electrons. The van der Waals surface area contributed by atoms with Crippen LogP contribution in [0.25, 0.3) is 0 Å². The predicted molar refractivity (Wildman–Crippen MR) is 120 cm³/mol. The van der Waals surface area contributed by atoms with Gasteiger partial charge in [0.15, 0.2) is 17.4 Å². The Balaban J connectivity index is 1.32. The fraction of sp³-hybridized carbons (Fsp3) is 0.160. The molecule has 7 nitrogen and oxygen atoms in total. The van der Waals surface area contributed by atoms with E-state index >= 15 is 0 Å². The van der Waals surface area contributed by atoms with E-state index in [4.69, 9.17) is 9.15 Å². The first-order valence-corrected chi connectivity index (χ1v) is 10.2. The van der Waals surface area contributed by atoms with E-state index in [1.165, 1.54) is 12.5 Å². The zero-order valence-electron chi connectivity index (χ0n) is 17.9. The number of aromatic nitrogens is 2. The molecule has 0 aliphatic carbocycles. The van der Waals surface area contributed by atoms with Gasteiger partial charge in [0.2, 0.25) is 0 Å². The smallest absolute Gasteiger partial charge is 0.292 e. The molecule has 32 heavy (non-hydrogen) atoms. The summed E-state index contributed by atoms with van der Waals surface area (Å²) in [6, 6.07) is 20.1. The molecule has 4 aromatic rings. The minimum absolute atomic E-state index is 0.00163. The Morgan fingerprint density at radius 2 is 1.88 bits per heavy atom. The maximum Gasteiger partial charge on any atom is 0.292 e. The third-order valence-electron chi connectivity index (χ3n) is 4.84. The molecular weight excluding hydrogens is 406 g/mol. The van der Waals surface area contributed by atoms with Crippen LogP contribution in [0.1, 0.15) is 44.7 Å². The van der Waals surface area contributed by atoms with E-state index in [1.807, 2.05) is 31.3 Å². The van der Waals surface area contributed by atoms with Crippen LogP contribution in [0.2, 0.25) is 0 Å². The minimum Gasteiger partial charge on any atom is -0.486 e. The molecule has 1 amide bonds. The number of carbonyl (C=O) groups is 2. The van der Waals surface area contributed by atoms with Crippen LogP contribution in [0.4, 0.5) is 5.82 Å². The van der Waals surface area contributed by atoms with Crippen molar-refractivity contribution in [2.75, 3.05) is 5.32 Å². The zero-order chi connectivity index (χ0) is 22.5. The van der Waals surface area contributed by atoms with Crippen molar-refractivity contribution in [3.63, 3.8) is 0 Å². The van der Waals surface area contributed by atoms with Crippen molar-refractivity contribution in [1.29, 1.82) is 0 Å². The maximum absolute atomic E-state index is 12.5. The molecule has 0 aliphatic heterocycles. The Morgan fingerprint density at radius 1 is 1.06 bits per heavy atom. The second kappa shape index (κ2) is 9.34. The summed E-state index contributed by atoms with van der Waals surface area (Å²) in [7, 11) is 0. The number of furan rings is 1. The zero-order valence-corrected chi connectivity index (χ0v) is 17.9. The van der Waals surface area contributed by atoms with Gasteiger partial charge in [0.05, 0.1) is 6.54 Å². The summed E-state index contributed by atoms with van der Waals surface area (Å²) < 4.78 is 13.0. The van der Waals surface area contributed by atoms with Gasteiger partial charge in [0.25, 0.3) is 5.91 Å². The molecule has 0 atom stereocenters. The first-order chi connectivity index (χ1) is 15.5. The fourth-order valence-electron chi connectivity index (χ4n) is 3.21. The Kier molecular flexibility index (Phi) is 6.17. The molecule has 0 saturated heterocycles. The number of benzene rings is 2. The van der Waals surface area contributed by atoms with Gasteiger partial charge in [0, 0.05) is 17.8 Å². The van der Waals surface area contributed by atoms with Gasteiger partial charge in [-0.25, -0.2) is 0 Å². The van der Waals surface area contributed by atoms with Crippen LogP contribution in [0.5, 0.6) is 5.75 Å². The number of amides is 1. The van der Waals surface area contributed by atoms with E-state index in [0.29, 0.717) is 29.4 Å². The first kappa shape index (κ1) is 21.1. The molecule has 2 heterocycles. The van der Waals surface area contributed by atoms with E-state index in [1.54, 1.807) is 47.1 Å². The van der Waals surface area contributed by atoms with Crippen molar-refractivity contribution < 1.29 is 18.7 Å². The molecule has 0 saturated carbocycles. The van der Waals surface area contributed by atoms with Gasteiger partial charge in [0.1, 0.15) is 18.1 Å². The SMILES string of the molecule is CC(=O)c1ccc(OCc2ccc(C(=O)Nc3ccn(Cc4cccc(C)c4)n3)o2)cc1. The lowest BCUT2D eigenvalue weighted by molar-refractivity contribution is 0.0990. The second-order valence-electron chi connectivity index (χ2n) is 7.48. The average Bonchev–Trinajstić information content (AvgIpc) is 3.42. The van der Waals surface area contributed by atoms with Crippen LogP contribution in [-0.2, 0) is 13.2 Å². The molecule has 0 radical (unpaired) electrons. The lowest BCUT2D eigenvalue weighted by Gasteiger charge is -2.05. The molecule has 4 rings (SSSR count). The Bertz CT molecular complexity index is 1240. The quantitative estimate of drug-likeness (QED) is 0.404. The highest BCUT2D eigenvalue weighted by molar-refractivity contribution is 6.01. The van der Waals surface area contributed by atoms with Crippen LogP contribution in [0.15, 0.2) is 77.3 Å². The highest BCUT2D eigenvalue weighted by atomic mass is 16.5. The normalized spacial score (nSPS) is 10.7. The number of Topliss-reactive ketones (excluding diaryl/α,β-unsaturated/α-hetero) is 1. The molecule has 2 aromatic carbocycles. The van der Waals surface area contributed by atoms with Gasteiger partial charge >= 0.3 is 0 Å². The molecule has 0 bridgehead atoms. The molecule has 1 N–H and O–H groups in total. The number of aryl methyl sites for hydroxylation is 1. The molecule has 0 fully saturated rings. The Morgan fingerprint density at radius 3 is 2.62 bits per heavy atom. The molecule has 7 heteroatoms. The number of ether oxygens (including phenoxy) is 1. The number of hydrogen-bond donors (Lipinski definition) is 1. The Labute approximate surface area is 185 Å². The third-order valence-corrected chi connectivity index (χ3v) is 4.84. The molecule has 0 spiro atoms. The van der Waals surface area contributed by atoms with Gasteiger partial charge in [-0.1, -0.05) is 29.8 Å². The number of hydrogen-bond acceptors (Lipinski definition) is 5. The van der Waals surface area contributed by atoms with Crippen LogP contribution in [0, 0.1) is 6.92 Å². The van der Waals surface area contributed by atoms with E-state index in [2.05, 4.69) is 16.5 Å². The summed E-state index contributed by atoms with van der Waals surface area (Å²) >= 11 is 0. The summed E-state index contributed by atoms with van der Waals surface area (Å²) in [5, 5.41) is 7.14. The van der Waals surface area contributed by atoms with Gasteiger partial charge in [-0.05, 0) is 55.8 Å². The molecule has 0 unspecified atom stereocenters. The van der Waals surface area contributed by atoms with Crippen LogP contribution in [-0.4, -0.2) is 21.5 Å². The van der Waals surface area contributed by atoms with Crippen molar-refractivity contribution in [1.82, 2.24) is 9.78 Å². The highest BCUT2D eigenvalue weighted by Gasteiger charge is 2.13. The van der Waals surface area contributed by atoms with Crippen molar-refractivity contribution in [2.24, 2.45) is 0 Å². The fourth-order valence-corrected chi connectivity index (χ4v) is 3.21. The lowest BCUT2D eigenvalue weighted by Crippen LogP contribution is -2.12. The monoisotopic (exact) mass is 429 g/mol. The summed E-state index contributed by atoms with van der Waals surface area (Å²) in [6.07, 6.45) is 1.82. The number of ketones is 1. The topological polar surface area (TPSA) is 86.4 Å². The number of nitrogens with one attached hydrogen (secondary N) is 1. The van der Waals surface area contributed by atoms with Crippen molar-refractivity contribution in [2.45, 2.75) is 27.0 Å². The van der Waals surface area contributed by atoms with Gasteiger partial charge in [-0.15, -0.1) is 0 Å². The molecule has 2 aromatic heterocycles. The molecule has 0 aliphatic rings. The number of carbonyl (C=O) groups excluding carboxylic acids is 2. The van der Waals surface area contributed by atoms with Gasteiger partial charge < -0.3 is 14.5 Å². The van der Waals surface area contributed by atoms with Crippen molar-refractivity contribution in [3.05, 3.63) is 101 Å². The van der Waals surface area contributed by atoms with Crippen molar-refractivity contribution >= 4 is 17.5 Å². The second-order valence-corrected chi connectivity index (χ2v) is 7.48. The van der Waals surface area contributed by atoms with E-state index < -0.39 is 0 Å². The van der Waals surface area contributed by atoms with Gasteiger partial charge in [-0.3, -0.25) is 14.3 Å². The average molecular weight is 429 g/mol. The number of anilines is 1. The first-order valence-electron chi connectivity index (χ1n) is 10.2. The van der Waals surface area contributed by atoms with Crippen LogP contribution >= 0.6 is 0 Å². The standard InChI is InChI=1S/C25H23N3O4/c1-17-4-3-5-19(14-17)15-28-13-12-24(27-28)26-25(30)23-11-10-22(32-23)16-31-21-8-6-20(7-9-21)18(2)29/h3-14H,15-16H2,1-2H3,(H,26,27,30). The van der Waals surface area contributed by atoms with E-state index in [-0.39, 0.29) is 24.1 Å². The summed E-state index contributed by atoms with van der Waals surface area (Å²) in [4.78, 5) is 23.8. The largest absolute Gasteiger partial charge is 0.486 e. The van der Waals surface area contributed by atoms with E-state index in [0.717, 1.165) is 5.56 Å². The lowest BCUT2D eigenvalue weighted by atomic mass is 10.1. The summed E-state index contributed by atoms with van der Waals surface area (Å²) in [5.41, 5.74) is 2.95. The minimum atomic E-state index is -0.386.